The summed E-state index contributed by atoms with van der Waals surface area (Å²) in [6, 6.07) is 4.12. The zero-order chi connectivity index (χ0) is 18.6. The van der Waals surface area contributed by atoms with E-state index in [2.05, 4.69) is 33.5 Å². The van der Waals surface area contributed by atoms with E-state index in [1.54, 1.807) is 0 Å². The Kier molecular flexibility index (Phi) is 12.4. The van der Waals surface area contributed by atoms with Crippen molar-refractivity contribution in [2.75, 3.05) is 51.7 Å². The summed E-state index contributed by atoms with van der Waals surface area (Å²) >= 11 is 0. The lowest BCUT2D eigenvalue weighted by Gasteiger charge is -2.20. The highest BCUT2D eigenvalue weighted by atomic mass is 127. The Labute approximate surface area is 182 Å². The molecule has 154 valence electrons. The Balaban J connectivity index is 0.00000364. The summed E-state index contributed by atoms with van der Waals surface area (Å²) in [5.74, 6) is 1.86. The normalized spacial score (nSPS) is 15.6. The fourth-order valence-electron chi connectivity index (χ4n) is 3.18. The minimum Gasteiger partial charge on any atom is -0.363 e. The number of rotatable bonds is 8. The van der Waals surface area contributed by atoms with Crippen molar-refractivity contribution in [3.63, 3.8) is 0 Å². The van der Waals surface area contributed by atoms with Gasteiger partial charge in [-0.1, -0.05) is 12.8 Å². The first-order valence-corrected chi connectivity index (χ1v) is 10.1. The van der Waals surface area contributed by atoms with Gasteiger partial charge >= 0.3 is 0 Å². The average Bonchev–Trinajstić information content (AvgIpc) is 2.92. The number of aromatic nitrogens is 1. The third kappa shape index (κ3) is 9.60. The lowest BCUT2D eigenvalue weighted by Crippen LogP contribution is -2.39. The van der Waals surface area contributed by atoms with Crippen molar-refractivity contribution in [2.24, 2.45) is 4.99 Å². The Morgan fingerprint density at radius 1 is 1.19 bits per heavy atom. The van der Waals surface area contributed by atoms with Crippen LogP contribution in [0.4, 0.5) is 5.82 Å². The van der Waals surface area contributed by atoms with Gasteiger partial charge in [0.05, 0.1) is 6.54 Å². The molecule has 27 heavy (non-hydrogen) atoms. The highest BCUT2D eigenvalue weighted by Crippen LogP contribution is 2.11. The number of pyridine rings is 1. The molecule has 2 heterocycles. The van der Waals surface area contributed by atoms with Gasteiger partial charge in [-0.25, -0.2) is 9.98 Å². The third-order valence-corrected chi connectivity index (χ3v) is 4.67. The zero-order valence-electron chi connectivity index (χ0n) is 17.2. The number of nitrogens with one attached hydrogen (secondary N) is 2. The maximum Gasteiger partial charge on any atom is 0.191 e. The maximum atomic E-state index is 4.72. The summed E-state index contributed by atoms with van der Waals surface area (Å²) in [6.07, 6.45) is 8.52. The highest BCUT2D eigenvalue weighted by molar-refractivity contribution is 14.0. The zero-order valence-corrected chi connectivity index (χ0v) is 19.5. The van der Waals surface area contributed by atoms with Gasteiger partial charge in [-0.05, 0) is 63.5 Å². The van der Waals surface area contributed by atoms with Crippen LogP contribution in [0.25, 0.3) is 0 Å². The van der Waals surface area contributed by atoms with Crippen LogP contribution in [-0.4, -0.2) is 62.7 Å². The quantitative estimate of drug-likeness (QED) is 0.255. The number of nitrogens with zero attached hydrogens (tertiary/aromatic N) is 4. The Bertz CT molecular complexity index is 541. The van der Waals surface area contributed by atoms with Crippen LogP contribution in [0.2, 0.25) is 0 Å². The van der Waals surface area contributed by atoms with E-state index in [-0.39, 0.29) is 24.0 Å². The first-order chi connectivity index (χ1) is 12.7. The summed E-state index contributed by atoms with van der Waals surface area (Å²) in [5, 5.41) is 6.81. The van der Waals surface area contributed by atoms with Crippen LogP contribution >= 0.6 is 24.0 Å². The van der Waals surface area contributed by atoms with E-state index in [4.69, 9.17) is 4.99 Å². The van der Waals surface area contributed by atoms with E-state index in [1.807, 2.05) is 31.3 Å². The fraction of sp³-hybridized carbons (Fsp3) is 0.700. The van der Waals surface area contributed by atoms with Crippen molar-refractivity contribution in [3.8, 4) is 0 Å². The van der Waals surface area contributed by atoms with Crippen LogP contribution in [0.15, 0.2) is 23.3 Å². The van der Waals surface area contributed by atoms with Crippen LogP contribution in [0.3, 0.4) is 0 Å². The van der Waals surface area contributed by atoms with E-state index in [1.165, 1.54) is 50.9 Å². The molecule has 1 aliphatic rings. The van der Waals surface area contributed by atoms with Gasteiger partial charge in [0.2, 0.25) is 0 Å². The molecule has 7 heteroatoms. The van der Waals surface area contributed by atoms with Crippen LogP contribution in [0.5, 0.6) is 0 Å². The minimum atomic E-state index is 0. The smallest absolute Gasteiger partial charge is 0.191 e. The standard InChI is InChI=1S/C20H36N6.HI/c1-4-21-20(23-11-9-15-26-13-7-5-6-8-14-26)24-17-18-10-12-22-19(16-18)25(2)3;/h10,12,16H,4-9,11,13-15,17H2,1-3H3,(H2,21,23,24);1H. The average molecular weight is 488 g/mol. The van der Waals surface area contributed by atoms with E-state index in [0.717, 1.165) is 31.3 Å². The van der Waals surface area contributed by atoms with Gasteiger partial charge in [0, 0.05) is 33.4 Å². The number of guanidine groups is 1. The maximum absolute atomic E-state index is 4.72. The third-order valence-electron chi connectivity index (χ3n) is 4.67. The monoisotopic (exact) mass is 488 g/mol. The summed E-state index contributed by atoms with van der Waals surface area (Å²) in [6.45, 7) is 8.31. The number of anilines is 1. The molecular formula is C20H37IN6. The summed E-state index contributed by atoms with van der Waals surface area (Å²) in [5.41, 5.74) is 1.17. The molecule has 0 bridgehead atoms. The van der Waals surface area contributed by atoms with E-state index < -0.39 is 0 Å². The Morgan fingerprint density at radius 3 is 2.59 bits per heavy atom. The van der Waals surface area contributed by atoms with Crippen molar-refractivity contribution < 1.29 is 0 Å². The largest absolute Gasteiger partial charge is 0.363 e. The molecule has 0 unspecified atom stereocenters. The number of halogens is 1. The molecule has 2 rings (SSSR count). The van der Waals surface area contributed by atoms with Gasteiger partial charge in [0.15, 0.2) is 5.96 Å². The number of likely N-dealkylation sites (tertiary alicyclic amines) is 1. The van der Waals surface area contributed by atoms with E-state index in [0.29, 0.717) is 6.54 Å². The fourth-order valence-corrected chi connectivity index (χ4v) is 3.18. The number of aliphatic imine (C=N–C) groups is 1. The van der Waals surface area contributed by atoms with Gasteiger partial charge in [-0.3, -0.25) is 0 Å². The first-order valence-electron chi connectivity index (χ1n) is 10.1. The molecule has 0 saturated carbocycles. The molecule has 6 nitrogen and oxygen atoms in total. The first kappa shape index (κ1) is 23.9. The lowest BCUT2D eigenvalue weighted by atomic mass is 10.2. The molecule has 1 fully saturated rings. The predicted octanol–water partition coefficient (Wildman–Crippen LogP) is 3.09. The summed E-state index contributed by atoms with van der Waals surface area (Å²) in [4.78, 5) is 13.7. The van der Waals surface area contributed by atoms with Crippen molar-refractivity contribution in [2.45, 2.75) is 45.6 Å². The van der Waals surface area contributed by atoms with E-state index >= 15 is 0 Å². The van der Waals surface area contributed by atoms with Gasteiger partial charge in [-0.2, -0.15) is 0 Å². The second-order valence-electron chi connectivity index (χ2n) is 7.15. The lowest BCUT2D eigenvalue weighted by molar-refractivity contribution is 0.282. The molecule has 1 aromatic rings. The van der Waals surface area contributed by atoms with Crippen molar-refractivity contribution in [1.29, 1.82) is 0 Å². The molecule has 0 aromatic carbocycles. The second kappa shape index (κ2) is 14.0. The molecule has 0 amide bonds. The molecule has 1 aliphatic heterocycles. The number of hydrogen-bond donors (Lipinski definition) is 2. The summed E-state index contributed by atoms with van der Waals surface area (Å²) < 4.78 is 0. The summed E-state index contributed by atoms with van der Waals surface area (Å²) in [7, 11) is 4.01. The van der Waals surface area contributed by atoms with Gasteiger partial charge < -0.3 is 20.4 Å². The van der Waals surface area contributed by atoms with Gasteiger partial charge in [0.25, 0.3) is 0 Å². The predicted molar refractivity (Wildman–Crippen MR) is 126 cm³/mol. The SMILES string of the molecule is CCNC(=NCc1ccnc(N(C)C)c1)NCCCN1CCCCCC1.I. The highest BCUT2D eigenvalue weighted by Gasteiger charge is 2.08. The number of hydrogen-bond acceptors (Lipinski definition) is 4. The van der Waals surface area contributed by atoms with Crippen molar-refractivity contribution in [3.05, 3.63) is 23.9 Å². The molecule has 0 radical (unpaired) electrons. The second-order valence-corrected chi connectivity index (χ2v) is 7.15. The van der Waals surface area contributed by atoms with Crippen LogP contribution in [0.1, 0.15) is 44.6 Å². The molecule has 0 aliphatic carbocycles. The molecule has 0 spiro atoms. The molecule has 1 saturated heterocycles. The molecule has 1 aromatic heterocycles. The Hall–Kier alpha value is -1.09. The minimum absolute atomic E-state index is 0. The molecular weight excluding hydrogens is 451 g/mol. The van der Waals surface area contributed by atoms with Crippen LogP contribution in [-0.2, 0) is 6.54 Å². The van der Waals surface area contributed by atoms with Gasteiger partial charge in [-0.15, -0.1) is 24.0 Å². The van der Waals surface area contributed by atoms with Gasteiger partial charge in [0.1, 0.15) is 5.82 Å². The topological polar surface area (TPSA) is 55.8 Å². The van der Waals surface area contributed by atoms with Crippen molar-refractivity contribution in [1.82, 2.24) is 20.5 Å². The Morgan fingerprint density at radius 2 is 1.93 bits per heavy atom. The van der Waals surface area contributed by atoms with Crippen LogP contribution in [0, 0.1) is 0 Å². The van der Waals surface area contributed by atoms with Crippen molar-refractivity contribution >= 4 is 35.8 Å². The van der Waals surface area contributed by atoms with Crippen LogP contribution < -0.4 is 15.5 Å². The van der Waals surface area contributed by atoms with E-state index in [9.17, 15) is 0 Å². The molecule has 0 atom stereocenters. The molecule has 2 N–H and O–H groups in total.